The number of rotatable bonds is 5. The molecule has 24 heteroatoms. The van der Waals surface area contributed by atoms with Gasteiger partial charge in [-0.2, -0.15) is 8.42 Å². The molecule has 2 aliphatic rings. The van der Waals surface area contributed by atoms with Gasteiger partial charge in [0.05, 0.1) is 13.2 Å². The normalized spacial score (nSPS) is 34.3. The first-order valence-electron chi connectivity index (χ1n) is 7.75. The molecule has 0 unspecified atom stereocenters. The Labute approximate surface area is 561 Å². The average molecular weight is 761 g/mol. The van der Waals surface area contributed by atoms with Gasteiger partial charge < -0.3 is 66.5 Å². The molecular formula is C12H32K8O15S. The SMILES string of the molecule is O=S(=O)(O)O.OC[C@H]1O[C@@](CO)(O[C@H]2O[C@H](CO)[C@@H](O)[C@H](O)[C@H]2O)[C@@H](O)[C@@H]1O.[H-].[H-].[H-].[H-].[H-].[H-].[H-].[H-].[K+].[K+].[K+].[K+].[K+].[K+].[K+].[K+]. The fourth-order valence-electron chi connectivity index (χ4n) is 2.63. The number of aliphatic hydroxyl groups is 8. The zero-order chi connectivity index (χ0) is 21.9. The van der Waals surface area contributed by atoms with Gasteiger partial charge in [0.15, 0.2) is 6.29 Å². The summed E-state index contributed by atoms with van der Waals surface area (Å²) in [6.45, 7) is -2.32. The van der Waals surface area contributed by atoms with E-state index in [-0.39, 0.29) is 422 Å². The van der Waals surface area contributed by atoms with Crippen LogP contribution in [0.4, 0.5) is 0 Å². The molecule has 15 nitrogen and oxygen atoms in total. The van der Waals surface area contributed by atoms with Crippen LogP contribution in [0, 0.1) is 0 Å². The average Bonchev–Trinajstić information content (AvgIpc) is 2.86. The summed E-state index contributed by atoms with van der Waals surface area (Å²) < 4.78 is 47.0. The largest absolute Gasteiger partial charge is 1.00 e. The predicted molar refractivity (Wildman–Crippen MR) is 91.7 cm³/mol. The number of aliphatic hydroxyl groups excluding tert-OH is 8. The van der Waals surface area contributed by atoms with Gasteiger partial charge in [-0.1, -0.05) is 0 Å². The van der Waals surface area contributed by atoms with Crippen LogP contribution in [0.5, 0.6) is 0 Å². The van der Waals surface area contributed by atoms with Crippen LogP contribution in [-0.2, 0) is 24.6 Å². The summed E-state index contributed by atoms with van der Waals surface area (Å²) in [5.74, 6) is -2.22. The van der Waals surface area contributed by atoms with Gasteiger partial charge in [0.25, 0.3) is 0 Å². The molecule has 0 aliphatic carbocycles. The quantitative estimate of drug-likeness (QED) is 0.0922. The first-order chi connectivity index (χ1) is 12.8. The van der Waals surface area contributed by atoms with E-state index in [9.17, 15) is 30.6 Å². The van der Waals surface area contributed by atoms with E-state index in [4.69, 9.17) is 41.9 Å². The van der Waals surface area contributed by atoms with Gasteiger partial charge in [0.2, 0.25) is 5.79 Å². The molecule has 0 aromatic carbocycles. The van der Waals surface area contributed by atoms with Crippen LogP contribution >= 0.6 is 0 Å². The van der Waals surface area contributed by atoms with Crippen molar-refractivity contribution in [3.8, 4) is 0 Å². The molecule has 9 atom stereocenters. The third-order valence-electron chi connectivity index (χ3n) is 4.07. The summed E-state index contributed by atoms with van der Waals surface area (Å²) in [6.07, 6.45) is -12.7. The molecule has 10 N–H and O–H groups in total. The van der Waals surface area contributed by atoms with Crippen LogP contribution in [0.15, 0.2) is 0 Å². The maximum atomic E-state index is 10.00. The summed E-state index contributed by atoms with van der Waals surface area (Å²) in [5.41, 5.74) is 0. The van der Waals surface area contributed by atoms with Crippen molar-refractivity contribution in [1.29, 1.82) is 0 Å². The van der Waals surface area contributed by atoms with Crippen LogP contribution in [0.1, 0.15) is 11.4 Å². The third kappa shape index (κ3) is 23.9. The Bertz CT molecular complexity index is 633. The summed E-state index contributed by atoms with van der Waals surface area (Å²) in [6, 6.07) is 0. The summed E-state index contributed by atoms with van der Waals surface area (Å²) in [4.78, 5) is 0. The van der Waals surface area contributed by atoms with Gasteiger partial charge in [-0.05, 0) is 0 Å². The minimum absolute atomic E-state index is 0. The van der Waals surface area contributed by atoms with E-state index in [1.165, 1.54) is 0 Å². The molecule has 2 saturated heterocycles. The molecule has 2 aliphatic heterocycles. The minimum Gasteiger partial charge on any atom is -1.00 e. The second kappa shape index (κ2) is 34.6. The fraction of sp³-hybridized carbons (Fsp3) is 1.00. The molecule has 0 aromatic rings. The standard InChI is InChI=1S/C12H22O11.8K.H2O4S.8H/c13-1-4-6(16)8(18)9(19)11(21-4)23-12(3-15)10(20)7(17)5(2-14)22-12;;;;;;;;;1-5(2,3)4;;;;;;;;/h4-11,13-20H,1-3H2;;;;;;;;;(H2,1,2,3,4);;;;;;;;/q;8*+1;;8*-1/t4-,5-,6-,7-,8+,9-,10+,11-,12+;;;;;;;;;;;;;;;;;/m1................./s1. The molecule has 36 heavy (non-hydrogen) atoms. The van der Waals surface area contributed by atoms with Crippen LogP contribution in [0.3, 0.4) is 0 Å². The Hall–Kier alpha value is 12.5. The second-order valence-corrected chi connectivity index (χ2v) is 6.90. The molecule has 0 bridgehead atoms. The Kier molecular flexibility index (Phi) is 64.1. The Balaban J connectivity index is -0.0000000249. The monoisotopic (exact) mass is 760 g/mol. The molecule has 0 saturated carbocycles. The van der Waals surface area contributed by atoms with Gasteiger partial charge in [-0.15, -0.1) is 0 Å². The summed E-state index contributed by atoms with van der Waals surface area (Å²) >= 11 is 0. The van der Waals surface area contributed by atoms with E-state index in [0.29, 0.717) is 0 Å². The maximum Gasteiger partial charge on any atom is 1.00 e. The van der Waals surface area contributed by atoms with Crippen LogP contribution in [-0.4, -0.2) is 133 Å². The number of ether oxygens (including phenoxy) is 3. The summed E-state index contributed by atoms with van der Waals surface area (Å²) in [5, 5.41) is 76.7. The topological polar surface area (TPSA) is 264 Å². The van der Waals surface area contributed by atoms with Gasteiger partial charge in [-0.25, -0.2) is 0 Å². The molecule has 0 aromatic heterocycles. The zero-order valence-electron chi connectivity index (χ0n) is 30.2. The van der Waals surface area contributed by atoms with Crippen molar-refractivity contribution < 1.29 is 495 Å². The Morgan fingerprint density at radius 1 is 0.694 bits per heavy atom. The number of hydrogen-bond acceptors (Lipinski definition) is 13. The molecule has 2 fully saturated rings. The smallest absolute Gasteiger partial charge is 1.00 e. The van der Waals surface area contributed by atoms with Gasteiger partial charge >= 0.3 is 421 Å². The molecule has 0 spiro atoms. The molecule has 184 valence electrons. The van der Waals surface area contributed by atoms with Crippen molar-refractivity contribution in [2.24, 2.45) is 0 Å². The van der Waals surface area contributed by atoms with Gasteiger partial charge in [0, 0.05) is 0 Å². The molecule has 0 radical (unpaired) electrons. The summed E-state index contributed by atoms with van der Waals surface area (Å²) in [7, 11) is -4.67. The predicted octanol–water partition coefficient (Wildman–Crippen LogP) is -29.1. The molecule has 2 rings (SSSR count). The Morgan fingerprint density at radius 3 is 1.39 bits per heavy atom. The van der Waals surface area contributed by atoms with Crippen LogP contribution < -0.4 is 411 Å². The van der Waals surface area contributed by atoms with Crippen molar-refractivity contribution in [1.82, 2.24) is 0 Å². The van der Waals surface area contributed by atoms with E-state index in [2.05, 4.69) is 0 Å². The molecular weight excluding hydrogens is 729 g/mol. The third-order valence-corrected chi connectivity index (χ3v) is 4.07. The van der Waals surface area contributed by atoms with E-state index in [0.717, 1.165) is 0 Å². The Morgan fingerprint density at radius 2 is 1.08 bits per heavy atom. The fourth-order valence-corrected chi connectivity index (χ4v) is 2.63. The van der Waals surface area contributed by atoms with Crippen molar-refractivity contribution >= 4 is 10.4 Å². The minimum atomic E-state index is -4.67. The van der Waals surface area contributed by atoms with Crippen LogP contribution in [0.25, 0.3) is 0 Å². The van der Waals surface area contributed by atoms with Gasteiger partial charge in [0.1, 0.15) is 49.3 Å². The van der Waals surface area contributed by atoms with E-state index >= 15 is 0 Å². The maximum absolute atomic E-state index is 10.00. The van der Waals surface area contributed by atoms with Crippen molar-refractivity contribution in [2.45, 2.75) is 54.8 Å². The van der Waals surface area contributed by atoms with Crippen molar-refractivity contribution in [3.05, 3.63) is 0 Å². The van der Waals surface area contributed by atoms with Crippen LogP contribution in [0.2, 0.25) is 0 Å². The first-order valence-corrected chi connectivity index (χ1v) is 9.14. The van der Waals surface area contributed by atoms with E-state index in [1.54, 1.807) is 0 Å². The van der Waals surface area contributed by atoms with Gasteiger partial charge in [-0.3, -0.25) is 9.11 Å². The first kappa shape index (κ1) is 66.7. The number of hydrogen-bond donors (Lipinski definition) is 10. The van der Waals surface area contributed by atoms with Crippen molar-refractivity contribution in [3.63, 3.8) is 0 Å². The zero-order valence-corrected chi connectivity index (χ0v) is 48.0. The molecule has 2 heterocycles. The van der Waals surface area contributed by atoms with Crippen molar-refractivity contribution in [2.75, 3.05) is 19.8 Å². The van der Waals surface area contributed by atoms with E-state index in [1.807, 2.05) is 0 Å². The molecule has 0 amide bonds. The van der Waals surface area contributed by atoms with E-state index < -0.39 is 85.0 Å². The second-order valence-electron chi connectivity index (χ2n) is 6.01.